The number of hydrogen-bond donors (Lipinski definition) is 1. The van der Waals surface area contributed by atoms with Crippen LogP contribution in [0.4, 0.5) is 5.13 Å². The molecule has 0 saturated heterocycles. The molecular formula is C9H10N4S. The lowest BCUT2D eigenvalue weighted by Gasteiger charge is -2.11. The van der Waals surface area contributed by atoms with E-state index in [2.05, 4.69) is 27.4 Å². The third-order valence-electron chi connectivity index (χ3n) is 1.88. The van der Waals surface area contributed by atoms with Gasteiger partial charge in [-0.2, -0.15) is 0 Å². The molecule has 2 rings (SSSR count). The van der Waals surface area contributed by atoms with Gasteiger partial charge in [0.1, 0.15) is 5.51 Å². The average molecular weight is 206 g/mol. The molecule has 0 aliphatic carbocycles. The number of nitrogens with zero attached hydrogens (tertiary/aromatic N) is 3. The SMILES string of the molecule is CC(Nc1nncs1)c1cccnc1. The van der Waals surface area contributed by atoms with Crippen LogP contribution in [-0.2, 0) is 0 Å². The van der Waals surface area contributed by atoms with Gasteiger partial charge < -0.3 is 5.32 Å². The molecule has 1 atom stereocenters. The van der Waals surface area contributed by atoms with Crippen LogP contribution < -0.4 is 5.32 Å². The highest BCUT2D eigenvalue weighted by atomic mass is 32.1. The second kappa shape index (κ2) is 4.15. The van der Waals surface area contributed by atoms with E-state index in [-0.39, 0.29) is 6.04 Å². The van der Waals surface area contributed by atoms with Crippen molar-refractivity contribution in [2.75, 3.05) is 5.32 Å². The van der Waals surface area contributed by atoms with E-state index < -0.39 is 0 Å². The Morgan fingerprint density at radius 2 is 2.43 bits per heavy atom. The maximum absolute atomic E-state index is 4.06. The first-order valence-electron chi connectivity index (χ1n) is 4.29. The van der Waals surface area contributed by atoms with E-state index in [1.165, 1.54) is 11.3 Å². The van der Waals surface area contributed by atoms with E-state index in [4.69, 9.17) is 0 Å². The van der Waals surface area contributed by atoms with Crippen LogP contribution in [0.2, 0.25) is 0 Å². The number of nitrogens with one attached hydrogen (secondary N) is 1. The van der Waals surface area contributed by atoms with Crippen LogP contribution in [0.25, 0.3) is 0 Å². The molecule has 5 heteroatoms. The van der Waals surface area contributed by atoms with Crippen molar-refractivity contribution in [1.29, 1.82) is 0 Å². The minimum Gasteiger partial charge on any atom is -0.354 e. The van der Waals surface area contributed by atoms with Gasteiger partial charge in [-0.15, -0.1) is 10.2 Å². The molecule has 0 spiro atoms. The van der Waals surface area contributed by atoms with Crippen molar-refractivity contribution in [2.24, 2.45) is 0 Å². The molecule has 0 saturated carbocycles. The second-order valence-electron chi connectivity index (χ2n) is 2.90. The molecule has 0 bridgehead atoms. The number of pyridine rings is 1. The van der Waals surface area contributed by atoms with Crippen LogP contribution in [0, 0.1) is 0 Å². The van der Waals surface area contributed by atoms with Gasteiger partial charge >= 0.3 is 0 Å². The predicted molar refractivity (Wildman–Crippen MR) is 56.2 cm³/mol. The molecular weight excluding hydrogens is 196 g/mol. The van der Waals surface area contributed by atoms with Crippen molar-refractivity contribution in [1.82, 2.24) is 15.2 Å². The van der Waals surface area contributed by atoms with E-state index in [0.29, 0.717) is 0 Å². The molecule has 14 heavy (non-hydrogen) atoms. The van der Waals surface area contributed by atoms with Gasteiger partial charge in [0, 0.05) is 12.4 Å². The monoisotopic (exact) mass is 206 g/mol. The Kier molecular flexibility index (Phi) is 2.69. The molecule has 2 heterocycles. The van der Waals surface area contributed by atoms with Gasteiger partial charge in [-0.3, -0.25) is 4.98 Å². The lowest BCUT2D eigenvalue weighted by atomic mass is 10.1. The fourth-order valence-corrected chi connectivity index (χ4v) is 1.67. The van der Waals surface area contributed by atoms with Crippen molar-refractivity contribution in [3.63, 3.8) is 0 Å². The number of rotatable bonds is 3. The van der Waals surface area contributed by atoms with Crippen LogP contribution in [0.1, 0.15) is 18.5 Å². The first kappa shape index (κ1) is 9.08. The minimum absolute atomic E-state index is 0.205. The third kappa shape index (κ3) is 2.05. The zero-order valence-electron chi connectivity index (χ0n) is 7.71. The fraction of sp³-hybridized carbons (Fsp3) is 0.222. The molecule has 4 nitrogen and oxygen atoms in total. The summed E-state index contributed by atoms with van der Waals surface area (Å²) in [5.74, 6) is 0. The summed E-state index contributed by atoms with van der Waals surface area (Å²) in [6, 6.07) is 4.16. The van der Waals surface area contributed by atoms with Crippen molar-refractivity contribution < 1.29 is 0 Å². The Morgan fingerprint density at radius 3 is 3.07 bits per heavy atom. The van der Waals surface area contributed by atoms with E-state index in [9.17, 15) is 0 Å². The third-order valence-corrected chi connectivity index (χ3v) is 2.51. The molecule has 0 aromatic carbocycles. The summed E-state index contributed by atoms with van der Waals surface area (Å²) in [4.78, 5) is 4.06. The molecule has 1 unspecified atom stereocenters. The number of aromatic nitrogens is 3. The standard InChI is InChI=1S/C9H10N4S/c1-7(8-3-2-4-10-5-8)12-9-13-11-6-14-9/h2-7H,1H3,(H,12,13). The molecule has 72 valence electrons. The topological polar surface area (TPSA) is 50.7 Å². The van der Waals surface area contributed by atoms with Crippen molar-refractivity contribution in [2.45, 2.75) is 13.0 Å². The fourth-order valence-electron chi connectivity index (χ4n) is 1.14. The molecule has 2 aromatic rings. The van der Waals surface area contributed by atoms with Crippen molar-refractivity contribution in [3.8, 4) is 0 Å². The Balaban J connectivity index is 2.07. The highest BCUT2D eigenvalue weighted by molar-refractivity contribution is 7.13. The maximum atomic E-state index is 4.06. The van der Waals surface area contributed by atoms with Crippen LogP contribution in [0.15, 0.2) is 30.0 Å². The molecule has 1 N–H and O–H groups in total. The van der Waals surface area contributed by atoms with E-state index in [1.807, 2.05) is 18.3 Å². The smallest absolute Gasteiger partial charge is 0.205 e. The van der Waals surface area contributed by atoms with E-state index in [1.54, 1.807) is 11.7 Å². The highest BCUT2D eigenvalue weighted by Crippen LogP contribution is 2.18. The molecule has 0 aliphatic heterocycles. The normalized spacial score (nSPS) is 12.4. The highest BCUT2D eigenvalue weighted by Gasteiger charge is 2.06. The molecule has 0 amide bonds. The van der Waals surface area contributed by atoms with Crippen LogP contribution in [0.5, 0.6) is 0 Å². The largest absolute Gasteiger partial charge is 0.354 e. The Hall–Kier alpha value is -1.49. The summed E-state index contributed by atoms with van der Waals surface area (Å²) in [6.07, 6.45) is 3.61. The van der Waals surface area contributed by atoms with Crippen molar-refractivity contribution in [3.05, 3.63) is 35.6 Å². The van der Waals surface area contributed by atoms with Crippen LogP contribution in [-0.4, -0.2) is 15.2 Å². The Labute approximate surface area is 86.0 Å². The van der Waals surface area contributed by atoms with Crippen LogP contribution in [0.3, 0.4) is 0 Å². The van der Waals surface area contributed by atoms with E-state index >= 15 is 0 Å². The van der Waals surface area contributed by atoms with Gasteiger partial charge in [0.2, 0.25) is 5.13 Å². The number of anilines is 1. The second-order valence-corrected chi connectivity index (χ2v) is 3.73. The maximum Gasteiger partial charge on any atom is 0.205 e. The summed E-state index contributed by atoms with van der Waals surface area (Å²) in [5.41, 5.74) is 2.85. The molecule has 0 aliphatic rings. The predicted octanol–water partition coefficient (Wildman–Crippen LogP) is 2.11. The van der Waals surface area contributed by atoms with Gasteiger partial charge in [-0.05, 0) is 18.6 Å². The zero-order chi connectivity index (χ0) is 9.80. The summed E-state index contributed by atoms with van der Waals surface area (Å²) >= 11 is 1.49. The molecule has 2 aromatic heterocycles. The summed E-state index contributed by atoms with van der Waals surface area (Å²) in [6.45, 7) is 2.07. The first-order valence-corrected chi connectivity index (χ1v) is 5.17. The van der Waals surface area contributed by atoms with Crippen LogP contribution >= 0.6 is 11.3 Å². The first-order chi connectivity index (χ1) is 6.86. The molecule has 0 radical (unpaired) electrons. The summed E-state index contributed by atoms with van der Waals surface area (Å²) in [7, 11) is 0. The summed E-state index contributed by atoms with van der Waals surface area (Å²) in [5, 5.41) is 11.8. The lowest BCUT2D eigenvalue weighted by molar-refractivity contribution is 0.865. The molecule has 0 fully saturated rings. The summed E-state index contributed by atoms with van der Waals surface area (Å²) < 4.78 is 0. The lowest BCUT2D eigenvalue weighted by Crippen LogP contribution is -2.06. The van der Waals surface area contributed by atoms with Gasteiger partial charge in [-0.1, -0.05) is 17.4 Å². The quantitative estimate of drug-likeness (QED) is 0.835. The van der Waals surface area contributed by atoms with Gasteiger partial charge in [0.05, 0.1) is 6.04 Å². The minimum atomic E-state index is 0.205. The van der Waals surface area contributed by atoms with E-state index in [0.717, 1.165) is 10.7 Å². The Bertz CT molecular complexity index is 373. The van der Waals surface area contributed by atoms with Gasteiger partial charge in [0.15, 0.2) is 0 Å². The van der Waals surface area contributed by atoms with Gasteiger partial charge in [0.25, 0.3) is 0 Å². The van der Waals surface area contributed by atoms with Crippen molar-refractivity contribution >= 4 is 16.5 Å². The number of hydrogen-bond acceptors (Lipinski definition) is 5. The van der Waals surface area contributed by atoms with Gasteiger partial charge in [-0.25, -0.2) is 0 Å². The zero-order valence-corrected chi connectivity index (χ0v) is 8.53. The Morgan fingerprint density at radius 1 is 1.50 bits per heavy atom. The average Bonchev–Trinajstić information content (AvgIpc) is 2.72.